The van der Waals surface area contributed by atoms with Gasteiger partial charge in [0, 0.05) is 32.3 Å². The van der Waals surface area contributed by atoms with Gasteiger partial charge in [-0.05, 0) is 51.4 Å². The number of likely N-dealkylation sites (N-methyl/N-ethyl adjacent to an activating group) is 1. The van der Waals surface area contributed by atoms with E-state index in [2.05, 4.69) is 56.1 Å². The molecular weight excluding hydrogens is 248 g/mol. The second kappa shape index (κ2) is 8.40. The number of rotatable bonds is 8. The Morgan fingerprint density at radius 1 is 1.20 bits per heavy atom. The van der Waals surface area contributed by atoms with Gasteiger partial charge in [0.2, 0.25) is 0 Å². The molecule has 0 saturated heterocycles. The molecule has 1 unspecified atom stereocenters. The zero-order valence-corrected chi connectivity index (χ0v) is 13.9. The molecule has 1 atom stereocenters. The number of aryl methyl sites for hydroxylation is 2. The molecule has 0 amide bonds. The highest BCUT2D eigenvalue weighted by molar-refractivity contribution is 5.31. The average Bonchev–Trinajstić information content (AvgIpc) is 2.42. The topological polar surface area (TPSA) is 24.5 Å². The molecule has 0 heterocycles. The lowest BCUT2D eigenvalue weighted by Crippen LogP contribution is -2.40. The van der Waals surface area contributed by atoms with Gasteiger partial charge in [-0.15, -0.1) is 0 Å². The zero-order valence-electron chi connectivity index (χ0n) is 13.9. The van der Waals surface area contributed by atoms with Crippen LogP contribution in [0.15, 0.2) is 18.2 Å². The van der Waals surface area contributed by atoms with Gasteiger partial charge < -0.3 is 10.1 Å². The number of nitrogens with zero attached hydrogens (tertiary/aromatic N) is 1. The van der Waals surface area contributed by atoms with Crippen LogP contribution in [0.25, 0.3) is 0 Å². The van der Waals surface area contributed by atoms with Gasteiger partial charge in [-0.2, -0.15) is 0 Å². The van der Waals surface area contributed by atoms with E-state index in [-0.39, 0.29) is 0 Å². The minimum Gasteiger partial charge on any atom is -0.383 e. The van der Waals surface area contributed by atoms with E-state index in [0.29, 0.717) is 12.1 Å². The summed E-state index contributed by atoms with van der Waals surface area (Å²) in [6, 6.07) is 7.62. The van der Waals surface area contributed by atoms with Gasteiger partial charge in [-0.25, -0.2) is 0 Å². The van der Waals surface area contributed by atoms with Crippen LogP contribution in [0.3, 0.4) is 0 Å². The molecule has 0 aliphatic carbocycles. The monoisotopic (exact) mass is 278 g/mol. The van der Waals surface area contributed by atoms with Crippen molar-refractivity contribution < 1.29 is 4.74 Å². The van der Waals surface area contributed by atoms with Gasteiger partial charge in [-0.1, -0.05) is 18.2 Å². The standard InChI is InChI=1S/C17H30N2O/c1-13(2)19(9-10-20-6)12-17(18-5)16-8-7-14(3)15(4)11-16/h7-8,11,13,17-18H,9-10,12H2,1-6H3. The molecule has 114 valence electrons. The lowest BCUT2D eigenvalue weighted by Gasteiger charge is -2.30. The van der Waals surface area contributed by atoms with E-state index in [4.69, 9.17) is 4.74 Å². The Hall–Kier alpha value is -0.900. The molecule has 3 nitrogen and oxygen atoms in total. The van der Waals surface area contributed by atoms with Crippen LogP contribution in [0.5, 0.6) is 0 Å². The van der Waals surface area contributed by atoms with Gasteiger partial charge in [0.15, 0.2) is 0 Å². The highest BCUT2D eigenvalue weighted by Crippen LogP contribution is 2.19. The van der Waals surface area contributed by atoms with Gasteiger partial charge in [0.25, 0.3) is 0 Å². The van der Waals surface area contributed by atoms with Crippen LogP contribution in [0.4, 0.5) is 0 Å². The minimum absolute atomic E-state index is 0.355. The molecule has 0 fully saturated rings. The second-order valence-corrected chi connectivity index (χ2v) is 5.77. The third kappa shape index (κ3) is 4.89. The Morgan fingerprint density at radius 2 is 1.90 bits per heavy atom. The molecule has 20 heavy (non-hydrogen) atoms. The van der Waals surface area contributed by atoms with E-state index in [9.17, 15) is 0 Å². The normalized spacial score (nSPS) is 13.2. The maximum atomic E-state index is 5.22. The fraction of sp³-hybridized carbons (Fsp3) is 0.647. The number of benzene rings is 1. The molecular formula is C17H30N2O. The Kier molecular flexibility index (Phi) is 7.20. The number of hydrogen-bond acceptors (Lipinski definition) is 3. The van der Waals surface area contributed by atoms with Gasteiger partial charge in [0.1, 0.15) is 0 Å². The predicted octanol–water partition coefficient (Wildman–Crippen LogP) is 2.92. The SMILES string of the molecule is CNC(CN(CCOC)C(C)C)c1ccc(C)c(C)c1. The molecule has 0 aliphatic heterocycles. The van der Waals surface area contributed by atoms with Crippen LogP contribution in [-0.4, -0.2) is 44.8 Å². The van der Waals surface area contributed by atoms with Gasteiger partial charge >= 0.3 is 0 Å². The fourth-order valence-electron chi connectivity index (χ4n) is 2.35. The number of nitrogens with one attached hydrogen (secondary N) is 1. The third-order valence-corrected chi connectivity index (χ3v) is 4.01. The van der Waals surface area contributed by atoms with Crippen molar-refractivity contribution in [2.24, 2.45) is 0 Å². The van der Waals surface area contributed by atoms with E-state index in [1.54, 1.807) is 7.11 Å². The molecule has 1 aromatic rings. The van der Waals surface area contributed by atoms with Crippen LogP contribution in [0, 0.1) is 13.8 Å². The highest BCUT2D eigenvalue weighted by Gasteiger charge is 2.17. The number of methoxy groups -OCH3 is 1. The first-order chi connectivity index (χ1) is 9.49. The predicted molar refractivity (Wildman–Crippen MR) is 86.3 cm³/mol. The van der Waals surface area contributed by atoms with Crippen molar-refractivity contribution in [3.8, 4) is 0 Å². The maximum Gasteiger partial charge on any atom is 0.0589 e. The summed E-state index contributed by atoms with van der Waals surface area (Å²) in [7, 11) is 3.80. The second-order valence-electron chi connectivity index (χ2n) is 5.77. The Bertz CT molecular complexity index is 404. The van der Waals surface area contributed by atoms with Crippen LogP contribution in [0.1, 0.15) is 36.6 Å². The molecule has 0 bridgehead atoms. The maximum absolute atomic E-state index is 5.22. The first-order valence-electron chi connectivity index (χ1n) is 7.47. The largest absolute Gasteiger partial charge is 0.383 e. The van der Waals surface area contributed by atoms with E-state index in [1.807, 2.05) is 7.05 Å². The molecule has 0 aromatic heterocycles. The summed E-state index contributed by atoms with van der Waals surface area (Å²) in [4.78, 5) is 2.46. The first kappa shape index (κ1) is 17.2. The quantitative estimate of drug-likeness (QED) is 0.791. The molecule has 0 aliphatic rings. The molecule has 0 spiro atoms. The van der Waals surface area contributed by atoms with Gasteiger partial charge in [-0.3, -0.25) is 4.90 Å². The summed E-state index contributed by atoms with van der Waals surface area (Å²) in [6.45, 7) is 11.6. The average molecular weight is 278 g/mol. The summed E-state index contributed by atoms with van der Waals surface area (Å²) in [5, 5.41) is 3.44. The van der Waals surface area contributed by atoms with Crippen molar-refractivity contribution in [2.75, 3.05) is 33.9 Å². The molecule has 0 saturated carbocycles. The minimum atomic E-state index is 0.355. The van der Waals surface area contributed by atoms with Crippen molar-refractivity contribution in [3.63, 3.8) is 0 Å². The van der Waals surface area contributed by atoms with Crippen molar-refractivity contribution in [2.45, 2.75) is 39.8 Å². The van der Waals surface area contributed by atoms with Crippen molar-refractivity contribution >= 4 is 0 Å². The summed E-state index contributed by atoms with van der Waals surface area (Å²) in [6.07, 6.45) is 0. The zero-order chi connectivity index (χ0) is 15.1. The molecule has 1 N–H and O–H groups in total. The summed E-state index contributed by atoms with van der Waals surface area (Å²) in [5.41, 5.74) is 4.07. The fourth-order valence-corrected chi connectivity index (χ4v) is 2.35. The number of ether oxygens (including phenoxy) is 1. The smallest absolute Gasteiger partial charge is 0.0589 e. The summed E-state index contributed by atoms with van der Waals surface area (Å²) in [5.74, 6) is 0. The van der Waals surface area contributed by atoms with Crippen LogP contribution >= 0.6 is 0 Å². The lowest BCUT2D eigenvalue weighted by atomic mass is 10.0. The highest BCUT2D eigenvalue weighted by atomic mass is 16.5. The molecule has 1 rings (SSSR count). The third-order valence-electron chi connectivity index (χ3n) is 4.01. The van der Waals surface area contributed by atoms with Crippen molar-refractivity contribution in [1.29, 1.82) is 0 Å². The summed E-state index contributed by atoms with van der Waals surface area (Å²) >= 11 is 0. The van der Waals surface area contributed by atoms with Crippen LogP contribution in [0.2, 0.25) is 0 Å². The van der Waals surface area contributed by atoms with E-state index in [1.165, 1.54) is 16.7 Å². The van der Waals surface area contributed by atoms with E-state index < -0.39 is 0 Å². The Labute approximate surface area is 124 Å². The van der Waals surface area contributed by atoms with E-state index >= 15 is 0 Å². The Morgan fingerprint density at radius 3 is 2.40 bits per heavy atom. The van der Waals surface area contributed by atoms with Crippen LogP contribution < -0.4 is 5.32 Å². The molecule has 3 heteroatoms. The molecule has 0 radical (unpaired) electrons. The summed E-state index contributed by atoms with van der Waals surface area (Å²) < 4.78 is 5.22. The molecule has 1 aromatic carbocycles. The Balaban J connectivity index is 2.80. The van der Waals surface area contributed by atoms with E-state index in [0.717, 1.165) is 19.7 Å². The first-order valence-corrected chi connectivity index (χ1v) is 7.47. The number of hydrogen-bond donors (Lipinski definition) is 1. The van der Waals surface area contributed by atoms with Crippen molar-refractivity contribution in [1.82, 2.24) is 10.2 Å². The lowest BCUT2D eigenvalue weighted by molar-refractivity contribution is 0.122. The van der Waals surface area contributed by atoms with Gasteiger partial charge in [0.05, 0.1) is 6.61 Å². The van der Waals surface area contributed by atoms with Crippen LogP contribution in [-0.2, 0) is 4.74 Å². The van der Waals surface area contributed by atoms with Crippen molar-refractivity contribution in [3.05, 3.63) is 34.9 Å².